The summed E-state index contributed by atoms with van der Waals surface area (Å²) in [7, 11) is -8.54. The predicted octanol–water partition coefficient (Wildman–Crippen LogP) is -3.15. The van der Waals surface area contributed by atoms with Crippen LogP contribution in [0.3, 0.4) is 0 Å². The van der Waals surface area contributed by atoms with Crippen molar-refractivity contribution in [2.45, 2.75) is 23.6 Å². The van der Waals surface area contributed by atoms with E-state index in [1.807, 2.05) is 13.8 Å². The molecule has 0 aliphatic heterocycles. The van der Waals surface area contributed by atoms with E-state index in [-0.39, 0.29) is 59.1 Å². The summed E-state index contributed by atoms with van der Waals surface area (Å²) in [6.07, 6.45) is 0. The largest absolute Gasteiger partial charge is 2.00 e. The molecule has 2 rings (SSSR count). The molecule has 0 atom stereocenters. The quantitative estimate of drug-likeness (QED) is 0.297. The van der Waals surface area contributed by atoms with Crippen molar-refractivity contribution in [2.75, 3.05) is 0 Å². The molecule has 0 heterocycles. The van der Waals surface area contributed by atoms with Crippen LogP contribution in [0.15, 0.2) is 58.3 Å². The summed E-state index contributed by atoms with van der Waals surface area (Å²) < 4.78 is 62.3. The molecule has 0 unspecified atom stereocenters. The molecule has 2 aromatic carbocycles. The summed E-state index contributed by atoms with van der Waals surface area (Å²) in [5.41, 5.74) is 1.86. The normalized spacial score (nSPS) is 8.69. The number of benzene rings is 2. The second kappa shape index (κ2) is 18.5. The molecule has 0 amide bonds. The minimum atomic E-state index is -4.27. The molecule has 29 heavy (non-hydrogen) atoms. The number of hydrogen-bond donors (Lipinski definition) is 0. The van der Waals surface area contributed by atoms with Gasteiger partial charge >= 0.3 is 16.5 Å². The van der Waals surface area contributed by atoms with Gasteiger partial charge in [-0.15, -0.1) is 0 Å². The van der Waals surface area contributed by atoms with E-state index in [4.69, 9.17) is 0 Å². The van der Waals surface area contributed by atoms with Crippen LogP contribution in [-0.4, -0.2) is 58.8 Å². The maximum atomic E-state index is 10.4. The van der Waals surface area contributed by atoms with Crippen LogP contribution >= 0.6 is 0 Å². The fourth-order valence-corrected chi connectivity index (χ4v) is 2.35. The van der Waals surface area contributed by atoms with Gasteiger partial charge in [-0.3, -0.25) is 0 Å². The van der Waals surface area contributed by atoms with Crippen molar-refractivity contribution in [3.63, 3.8) is 0 Å². The summed E-state index contributed by atoms with van der Waals surface area (Å²) in [6, 6.07) is 11.6. The molecule has 176 valence electrons. The van der Waals surface area contributed by atoms with E-state index in [0.29, 0.717) is 0 Å². The molecular formula is C14H26NiO12S2. The van der Waals surface area contributed by atoms with Gasteiger partial charge in [-0.2, -0.15) is 0 Å². The van der Waals surface area contributed by atoms with Gasteiger partial charge in [0.1, 0.15) is 20.2 Å². The Morgan fingerprint density at radius 1 is 0.517 bits per heavy atom. The van der Waals surface area contributed by atoms with Crippen LogP contribution < -0.4 is 0 Å². The molecule has 0 saturated carbocycles. The first-order chi connectivity index (χ1) is 10.00. The SMILES string of the molecule is Cc1ccc(S(=O)(=O)[O-])cc1.Cc1ccc(S(=O)(=O)[O-])cc1.O.O.O.O.O.O.[Ni+2]. The van der Waals surface area contributed by atoms with Crippen LogP contribution in [0.2, 0.25) is 0 Å². The van der Waals surface area contributed by atoms with Gasteiger partial charge < -0.3 is 42.0 Å². The maximum absolute atomic E-state index is 10.4. The second-order valence-corrected chi connectivity index (χ2v) is 7.29. The Hall–Kier alpha value is -1.49. The Bertz CT molecular complexity index is 762. The first-order valence-electron chi connectivity index (χ1n) is 6.05. The minimum Gasteiger partial charge on any atom is -0.744 e. The zero-order valence-electron chi connectivity index (χ0n) is 15.2. The molecule has 0 fully saturated rings. The summed E-state index contributed by atoms with van der Waals surface area (Å²) in [5, 5.41) is 0. The summed E-state index contributed by atoms with van der Waals surface area (Å²) in [4.78, 5) is -0.355. The van der Waals surface area contributed by atoms with E-state index in [9.17, 15) is 25.9 Å². The van der Waals surface area contributed by atoms with Crippen molar-refractivity contribution in [1.29, 1.82) is 0 Å². The summed E-state index contributed by atoms with van der Waals surface area (Å²) in [6.45, 7) is 3.64. The van der Waals surface area contributed by atoms with Crippen LogP contribution in [0.5, 0.6) is 0 Å². The van der Waals surface area contributed by atoms with Crippen molar-refractivity contribution < 1.29 is 75.3 Å². The smallest absolute Gasteiger partial charge is 0.744 e. The van der Waals surface area contributed by atoms with Gasteiger partial charge in [0.25, 0.3) is 0 Å². The van der Waals surface area contributed by atoms with Crippen LogP contribution in [0.25, 0.3) is 0 Å². The molecule has 12 nitrogen and oxygen atoms in total. The zero-order chi connectivity index (χ0) is 17.0. The van der Waals surface area contributed by atoms with Gasteiger partial charge in [-0.25, -0.2) is 16.8 Å². The van der Waals surface area contributed by atoms with Gasteiger partial charge in [-0.1, -0.05) is 35.4 Å². The molecule has 0 spiro atoms. The summed E-state index contributed by atoms with van der Waals surface area (Å²) >= 11 is 0. The molecule has 0 aromatic heterocycles. The number of rotatable bonds is 2. The standard InChI is InChI=1S/2C7H8O3S.Ni.6H2O/c2*1-6-2-4-7(5-3-6)11(8,9)10;;;;;;;/h2*2-5H,1H3,(H,8,9,10);;6*1H2/q;;+2;;;;;;/p-2. The molecule has 15 heteroatoms. The van der Waals surface area contributed by atoms with Crippen molar-refractivity contribution in [3.05, 3.63) is 59.7 Å². The first-order valence-corrected chi connectivity index (χ1v) is 8.87. The first kappa shape index (κ1) is 46.0. The Labute approximate surface area is 178 Å². The van der Waals surface area contributed by atoms with Crippen molar-refractivity contribution >= 4 is 20.2 Å². The predicted molar refractivity (Wildman–Crippen MR) is 100.0 cm³/mol. The Morgan fingerprint density at radius 3 is 0.828 bits per heavy atom. The Kier molecular flexibility index (Phi) is 29.4. The van der Waals surface area contributed by atoms with Crippen LogP contribution in [-0.2, 0) is 36.7 Å². The fraction of sp³-hybridized carbons (Fsp3) is 0.143. The second-order valence-electron chi connectivity index (χ2n) is 4.53. The molecular weight excluding hydrogens is 483 g/mol. The maximum Gasteiger partial charge on any atom is 2.00 e. The molecule has 0 aliphatic rings. The van der Waals surface area contributed by atoms with Gasteiger partial charge in [0, 0.05) is 0 Å². The molecule has 12 N–H and O–H groups in total. The van der Waals surface area contributed by atoms with E-state index in [0.717, 1.165) is 11.1 Å². The van der Waals surface area contributed by atoms with Crippen LogP contribution in [0.1, 0.15) is 11.1 Å². The molecule has 0 saturated heterocycles. The van der Waals surface area contributed by atoms with Crippen molar-refractivity contribution in [1.82, 2.24) is 0 Å². The van der Waals surface area contributed by atoms with Gasteiger partial charge in [-0.05, 0) is 38.1 Å². The third-order valence-electron chi connectivity index (χ3n) is 2.62. The molecule has 0 bridgehead atoms. The van der Waals surface area contributed by atoms with Crippen molar-refractivity contribution in [3.8, 4) is 0 Å². The third kappa shape index (κ3) is 17.1. The monoisotopic (exact) mass is 508 g/mol. The third-order valence-corrected chi connectivity index (χ3v) is 4.32. The topological polar surface area (TPSA) is 303 Å². The average Bonchev–Trinajstić information content (AvgIpc) is 2.38. The van der Waals surface area contributed by atoms with E-state index in [2.05, 4.69) is 0 Å². The minimum absolute atomic E-state index is 0. The average molecular weight is 509 g/mol. The van der Waals surface area contributed by atoms with Gasteiger partial charge in [0.05, 0.1) is 9.79 Å². The van der Waals surface area contributed by atoms with E-state index < -0.39 is 20.2 Å². The fourth-order valence-electron chi connectivity index (χ4n) is 1.41. The number of aryl methyl sites for hydroxylation is 2. The van der Waals surface area contributed by atoms with E-state index >= 15 is 0 Å². The van der Waals surface area contributed by atoms with Gasteiger partial charge in [0.15, 0.2) is 0 Å². The molecule has 0 radical (unpaired) electrons. The molecule has 0 aliphatic carbocycles. The Balaban J connectivity index is -0.0000000538. The van der Waals surface area contributed by atoms with Crippen molar-refractivity contribution in [2.24, 2.45) is 0 Å². The van der Waals surface area contributed by atoms with Gasteiger partial charge in [0.2, 0.25) is 0 Å². The van der Waals surface area contributed by atoms with E-state index in [1.165, 1.54) is 24.3 Å². The molecule has 2 aromatic rings. The number of hydrogen-bond acceptors (Lipinski definition) is 6. The van der Waals surface area contributed by atoms with Crippen LogP contribution in [0, 0.1) is 13.8 Å². The zero-order valence-corrected chi connectivity index (χ0v) is 17.8. The van der Waals surface area contributed by atoms with E-state index in [1.54, 1.807) is 24.3 Å². The Morgan fingerprint density at radius 2 is 0.690 bits per heavy atom. The summed E-state index contributed by atoms with van der Waals surface area (Å²) in [5.74, 6) is 0. The van der Waals surface area contributed by atoms with Crippen LogP contribution in [0.4, 0.5) is 0 Å².